The SMILES string of the molecule is O=C(NCc1cccc2ncnn12)C1CC(=O)N(c2cccc(Cl)c2)C1. The summed E-state index contributed by atoms with van der Waals surface area (Å²) in [6.07, 6.45) is 1.66. The lowest BCUT2D eigenvalue weighted by molar-refractivity contribution is -0.126. The minimum absolute atomic E-state index is 0.0780. The van der Waals surface area contributed by atoms with Gasteiger partial charge in [-0.3, -0.25) is 9.59 Å². The summed E-state index contributed by atoms with van der Waals surface area (Å²) in [5.74, 6) is -0.623. The van der Waals surface area contributed by atoms with Gasteiger partial charge in [-0.1, -0.05) is 23.7 Å². The summed E-state index contributed by atoms with van der Waals surface area (Å²) in [4.78, 5) is 30.5. The molecule has 8 heteroatoms. The number of nitrogens with one attached hydrogen (secondary N) is 1. The molecule has 7 nitrogen and oxygen atoms in total. The van der Waals surface area contributed by atoms with Gasteiger partial charge >= 0.3 is 0 Å². The molecule has 3 heterocycles. The van der Waals surface area contributed by atoms with E-state index in [9.17, 15) is 9.59 Å². The van der Waals surface area contributed by atoms with Crippen LogP contribution in [0.25, 0.3) is 5.65 Å². The molecule has 3 aromatic rings. The van der Waals surface area contributed by atoms with Crippen molar-refractivity contribution in [2.24, 2.45) is 5.92 Å². The van der Waals surface area contributed by atoms with Gasteiger partial charge in [0.1, 0.15) is 6.33 Å². The number of carbonyl (C=O) groups excluding carboxylic acids is 2. The topological polar surface area (TPSA) is 79.6 Å². The van der Waals surface area contributed by atoms with Gasteiger partial charge in [0.15, 0.2) is 5.65 Å². The third-order valence-electron chi connectivity index (χ3n) is 4.44. The van der Waals surface area contributed by atoms with Crippen LogP contribution >= 0.6 is 11.6 Å². The highest BCUT2D eigenvalue weighted by Gasteiger charge is 2.35. The van der Waals surface area contributed by atoms with Gasteiger partial charge in [0.25, 0.3) is 0 Å². The summed E-state index contributed by atoms with van der Waals surface area (Å²) in [6.45, 7) is 0.667. The third-order valence-corrected chi connectivity index (χ3v) is 4.67. The standard InChI is InChI=1S/C18H16ClN5O2/c19-13-3-1-4-14(8-13)23-10-12(7-17(23)25)18(26)20-9-15-5-2-6-16-21-11-22-24(15)16/h1-6,8,11-12H,7,9-10H2,(H,20,26). The van der Waals surface area contributed by atoms with Crippen LogP contribution in [0.5, 0.6) is 0 Å². The van der Waals surface area contributed by atoms with Gasteiger partial charge in [0.2, 0.25) is 11.8 Å². The zero-order valence-electron chi connectivity index (χ0n) is 13.8. The number of hydrogen-bond acceptors (Lipinski definition) is 4. The first-order valence-electron chi connectivity index (χ1n) is 8.23. The van der Waals surface area contributed by atoms with E-state index in [1.54, 1.807) is 27.6 Å². The molecule has 1 unspecified atom stereocenters. The highest BCUT2D eigenvalue weighted by atomic mass is 35.5. The molecule has 0 bridgehead atoms. The van der Waals surface area contributed by atoms with E-state index in [0.29, 0.717) is 23.8 Å². The van der Waals surface area contributed by atoms with Gasteiger partial charge < -0.3 is 10.2 Å². The zero-order valence-corrected chi connectivity index (χ0v) is 14.6. The summed E-state index contributed by atoms with van der Waals surface area (Å²) in [7, 11) is 0. The molecule has 0 saturated carbocycles. The predicted octanol–water partition coefficient (Wildman–Crippen LogP) is 2.05. The number of rotatable bonds is 4. The Morgan fingerprint density at radius 3 is 2.96 bits per heavy atom. The maximum absolute atomic E-state index is 12.5. The highest BCUT2D eigenvalue weighted by molar-refractivity contribution is 6.31. The highest BCUT2D eigenvalue weighted by Crippen LogP contribution is 2.27. The van der Waals surface area contributed by atoms with Crippen molar-refractivity contribution >= 4 is 34.7 Å². The molecule has 1 N–H and O–H groups in total. The molecule has 0 radical (unpaired) electrons. The molecular formula is C18H16ClN5O2. The van der Waals surface area contributed by atoms with Crippen LogP contribution in [-0.4, -0.2) is 33.0 Å². The Hall–Kier alpha value is -2.93. The molecule has 4 rings (SSSR count). The van der Waals surface area contributed by atoms with Gasteiger partial charge in [-0.25, -0.2) is 9.50 Å². The lowest BCUT2D eigenvalue weighted by Gasteiger charge is -2.17. The van der Waals surface area contributed by atoms with Crippen LogP contribution in [0.2, 0.25) is 5.02 Å². The minimum Gasteiger partial charge on any atom is -0.350 e. The number of carbonyl (C=O) groups is 2. The van der Waals surface area contributed by atoms with Crippen molar-refractivity contribution in [2.45, 2.75) is 13.0 Å². The summed E-state index contributed by atoms with van der Waals surface area (Å²) in [5, 5.41) is 7.60. The fourth-order valence-electron chi connectivity index (χ4n) is 3.13. The van der Waals surface area contributed by atoms with Gasteiger partial charge in [0, 0.05) is 23.7 Å². The number of hydrogen-bond donors (Lipinski definition) is 1. The van der Waals surface area contributed by atoms with E-state index in [1.807, 2.05) is 24.3 Å². The second-order valence-corrected chi connectivity index (χ2v) is 6.59. The molecule has 1 aliphatic heterocycles. The number of fused-ring (bicyclic) bond motifs is 1. The Morgan fingerprint density at radius 1 is 1.27 bits per heavy atom. The second-order valence-electron chi connectivity index (χ2n) is 6.15. The number of pyridine rings is 1. The maximum atomic E-state index is 12.5. The van der Waals surface area contributed by atoms with Crippen molar-refractivity contribution in [1.82, 2.24) is 19.9 Å². The minimum atomic E-state index is -0.392. The van der Waals surface area contributed by atoms with Crippen LogP contribution in [0.1, 0.15) is 12.1 Å². The van der Waals surface area contributed by atoms with Crippen molar-refractivity contribution < 1.29 is 9.59 Å². The first-order chi connectivity index (χ1) is 12.6. The predicted molar refractivity (Wildman–Crippen MR) is 96.7 cm³/mol. The first-order valence-corrected chi connectivity index (χ1v) is 8.61. The smallest absolute Gasteiger partial charge is 0.227 e. The Morgan fingerprint density at radius 2 is 2.12 bits per heavy atom. The van der Waals surface area contributed by atoms with Crippen LogP contribution in [0, 0.1) is 5.92 Å². The molecule has 2 amide bonds. The number of amides is 2. The Labute approximate surface area is 154 Å². The summed E-state index contributed by atoms with van der Waals surface area (Å²) in [5.41, 5.74) is 2.26. The van der Waals surface area contributed by atoms with Crippen LogP contribution in [-0.2, 0) is 16.1 Å². The molecule has 1 aromatic carbocycles. The fraction of sp³-hybridized carbons (Fsp3) is 0.222. The molecular weight excluding hydrogens is 354 g/mol. The molecule has 2 aromatic heterocycles. The van der Waals surface area contributed by atoms with Crippen molar-refractivity contribution in [3.05, 3.63) is 59.5 Å². The normalized spacial score (nSPS) is 17.0. The van der Waals surface area contributed by atoms with Crippen LogP contribution in [0.3, 0.4) is 0 Å². The van der Waals surface area contributed by atoms with Crippen LogP contribution in [0.4, 0.5) is 5.69 Å². The summed E-state index contributed by atoms with van der Waals surface area (Å²) in [6, 6.07) is 12.7. The van der Waals surface area contributed by atoms with E-state index in [1.165, 1.54) is 6.33 Å². The number of benzene rings is 1. The average molecular weight is 370 g/mol. The summed E-state index contributed by atoms with van der Waals surface area (Å²) >= 11 is 6.00. The molecule has 0 aliphatic carbocycles. The molecule has 1 fully saturated rings. The lowest BCUT2D eigenvalue weighted by atomic mass is 10.1. The number of nitrogens with zero attached hydrogens (tertiary/aromatic N) is 4. The van der Waals surface area contributed by atoms with Crippen molar-refractivity contribution in [3.63, 3.8) is 0 Å². The largest absolute Gasteiger partial charge is 0.350 e. The maximum Gasteiger partial charge on any atom is 0.227 e. The van der Waals surface area contributed by atoms with Crippen molar-refractivity contribution in [2.75, 3.05) is 11.4 Å². The van der Waals surface area contributed by atoms with E-state index >= 15 is 0 Å². The van der Waals surface area contributed by atoms with Crippen LogP contribution < -0.4 is 10.2 Å². The lowest BCUT2D eigenvalue weighted by Crippen LogP contribution is -2.33. The number of aromatic nitrogens is 3. The van der Waals surface area contributed by atoms with Gasteiger partial charge in [-0.15, -0.1) is 0 Å². The van der Waals surface area contributed by atoms with Crippen LogP contribution in [0.15, 0.2) is 48.8 Å². The van der Waals surface area contributed by atoms with Gasteiger partial charge in [-0.2, -0.15) is 5.10 Å². The summed E-state index contributed by atoms with van der Waals surface area (Å²) < 4.78 is 1.68. The van der Waals surface area contributed by atoms with E-state index in [0.717, 1.165) is 11.3 Å². The Balaban J connectivity index is 1.43. The van der Waals surface area contributed by atoms with E-state index in [2.05, 4.69) is 15.4 Å². The monoisotopic (exact) mass is 369 g/mol. The first kappa shape index (κ1) is 16.5. The molecule has 1 saturated heterocycles. The zero-order chi connectivity index (χ0) is 18.1. The van der Waals surface area contributed by atoms with Gasteiger partial charge in [0.05, 0.1) is 18.2 Å². The average Bonchev–Trinajstić information content (AvgIpc) is 3.26. The molecule has 26 heavy (non-hydrogen) atoms. The van der Waals surface area contributed by atoms with E-state index in [-0.39, 0.29) is 18.2 Å². The molecule has 1 aliphatic rings. The van der Waals surface area contributed by atoms with Gasteiger partial charge in [-0.05, 0) is 30.3 Å². The van der Waals surface area contributed by atoms with Crippen molar-refractivity contribution in [1.29, 1.82) is 0 Å². The Bertz CT molecular complexity index is 986. The Kier molecular flexibility index (Phi) is 4.30. The fourth-order valence-corrected chi connectivity index (χ4v) is 3.32. The number of halogens is 1. The quantitative estimate of drug-likeness (QED) is 0.763. The van der Waals surface area contributed by atoms with E-state index in [4.69, 9.17) is 11.6 Å². The molecule has 0 spiro atoms. The molecule has 132 valence electrons. The van der Waals surface area contributed by atoms with E-state index < -0.39 is 5.92 Å². The second kappa shape index (κ2) is 6.76. The van der Waals surface area contributed by atoms with Crippen molar-refractivity contribution in [3.8, 4) is 0 Å². The molecule has 1 atom stereocenters. The third kappa shape index (κ3) is 3.13. The number of anilines is 1.